The van der Waals surface area contributed by atoms with Gasteiger partial charge in [0, 0.05) is 11.4 Å². The average Bonchev–Trinajstić information content (AvgIpc) is 3.11. The van der Waals surface area contributed by atoms with Gasteiger partial charge in [-0.25, -0.2) is 10.8 Å². The van der Waals surface area contributed by atoms with Crippen LogP contribution in [0, 0.1) is 6.92 Å². The normalized spacial score (nSPS) is 15.7. The van der Waals surface area contributed by atoms with Crippen molar-refractivity contribution >= 4 is 33.3 Å². The number of aryl methyl sites for hydroxylation is 1. The third-order valence-electron chi connectivity index (χ3n) is 3.70. The molecule has 0 aromatic carbocycles. The van der Waals surface area contributed by atoms with Crippen LogP contribution in [0.15, 0.2) is 6.07 Å². The fourth-order valence-corrected chi connectivity index (χ4v) is 3.57. The molecule has 2 heterocycles. The molecule has 1 aliphatic carbocycles. The number of hydrogen-bond acceptors (Lipinski definition) is 7. The summed E-state index contributed by atoms with van der Waals surface area (Å²) in [6.07, 6.45) is 5.43. The largest absolute Gasteiger partial charge is 0.376 e. The summed E-state index contributed by atoms with van der Waals surface area (Å²) in [5.41, 5.74) is 2.52. The molecule has 0 unspecified atom stereocenters. The van der Waals surface area contributed by atoms with Crippen LogP contribution in [0.5, 0.6) is 0 Å². The van der Waals surface area contributed by atoms with Crippen molar-refractivity contribution in [3.05, 3.63) is 10.9 Å². The van der Waals surface area contributed by atoms with Crippen molar-refractivity contribution in [2.45, 2.75) is 38.7 Å². The fourth-order valence-electron chi connectivity index (χ4n) is 2.69. The van der Waals surface area contributed by atoms with Crippen LogP contribution in [-0.2, 0) is 4.74 Å². The van der Waals surface area contributed by atoms with E-state index >= 15 is 0 Å². The highest BCUT2D eigenvalue weighted by Gasteiger charge is 2.15. The van der Waals surface area contributed by atoms with E-state index < -0.39 is 0 Å². The summed E-state index contributed by atoms with van der Waals surface area (Å²) in [5, 5.41) is 4.37. The van der Waals surface area contributed by atoms with Crippen molar-refractivity contribution in [1.29, 1.82) is 0 Å². The summed E-state index contributed by atoms with van der Waals surface area (Å²) in [5.74, 6) is 6.68. The monoisotopic (exact) mass is 307 g/mol. The third-order valence-corrected chi connectivity index (χ3v) is 4.64. The molecule has 0 amide bonds. The van der Waals surface area contributed by atoms with E-state index in [1.165, 1.54) is 30.6 Å². The number of nitrogens with zero attached hydrogens (tertiary/aromatic N) is 2. The molecule has 0 saturated heterocycles. The number of nitrogens with one attached hydrogen (secondary N) is 2. The van der Waals surface area contributed by atoms with E-state index in [2.05, 4.69) is 33.7 Å². The Bertz CT molecular complexity index is 609. The highest BCUT2D eigenvalue weighted by atomic mass is 32.1. The third kappa shape index (κ3) is 3.42. The Hall–Kier alpha value is -1.44. The maximum Gasteiger partial charge on any atom is 0.240 e. The van der Waals surface area contributed by atoms with Crippen molar-refractivity contribution in [2.24, 2.45) is 5.84 Å². The van der Waals surface area contributed by atoms with Gasteiger partial charge in [0.25, 0.3) is 0 Å². The van der Waals surface area contributed by atoms with Crippen molar-refractivity contribution in [3.63, 3.8) is 0 Å². The summed E-state index contributed by atoms with van der Waals surface area (Å²) >= 11 is 1.64. The average molecular weight is 307 g/mol. The van der Waals surface area contributed by atoms with E-state index in [0.29, 0.717) is 18.7 Å². The molecule has 6 nitrogen and oxygen atoms in total. The molecule has 4 N–H and O–H groups in total. The van der Waals surface area contributed by atoms with Gasteiger partial charge >= 0.3 is 0 Å². The molecule has 1 fully saturated rings. The van der Waals surface area contributed by atoms with E-state index in [9.17, 15) is 0 Å². The smallest absolute Gasteiger partial charge is 0.240 e. The van der Waals surface area contributed by atoms with Gasteiger partial charge in [0.2, 0.25) is 5.95 Å². The number of hydrazine groups is 1. The van der Waals surface area contributed by atoms with Crippen LogP contribution in [-0.4, -0.2) is 29.2 Å². The van der Waals surface area contributed by atoms with Crippen LogP contribution in [0.4, 0.5) is 11.8 Å². The molecular weight excluding hydrogens is 286 g/mol. The minimum Gasteiger partial charge on any atom is -0.376 e. The zero-order valence-corrected chi connectivity index (χ0v) is 13.0. The number of anilines is 2. The van der Waals surface area contributed by atoms with Crippen LogP contribution in [0.2, 0.25) is 0 Å². The Balaban J connectivity index is 1.64. The van der Waals surface area contributed by atoms with Crippen molar-refractivity contribution < 1.29 is 4.74 Å². The zero-order valence-electron chi connectivity index (χ0n) is 12.2. The number of aromatic nitrogens is 2. The first-order valence-electron chi connectivity index (χ1n) is 7.36. The summed E-state index contributed by atoms with van der Waals surface area (Å²) < 4.78 is 5.85. The maximum atomic E-state index is 5.85. The van der Waals surface area contributed by atoms with Gasteiger partial charge in [-0.2, -0.15) is 4.98 Å². The lowest BCUT2D eigenvalue weighted by Gasteiger charge is -2.12. The van der Waals surface area contributed by atoms with Gasteiger partial charge in [-0.15, -0.1) is 11.3 Å². The van der Waals surface area contributed by atoms with E-state index in [0.717, 1.165) is 22.6 Å². The molecule has 1 saturated carbocycles. The summed E-state index contributed by atoms with van der Waals surface area (Å²) in [7, 11) is 0. The van der Waals surface area contributed by atoms with Crippen molar-refractivity contribution in [2.75, 3.05) is 23.9 Å². The molecule has 2 aromatic heterocycles. The molecule has 0 radical (unpaired) electrons. The first kappa shape index (κ1) is 14.5. The van der Waals surface area contributed by atoms with Crippen molar-refractivity contribution in [3.8, 4) is 0 Å². The molecule has 3 rings (SSSR count). The number of hydrogen-bond donors (Lipinski definition) is 3. The Morgan fingerprint density at radius 2 is 2.19 bits per heavy atom. The number of rotatable bonds is 6. The minimum atomic E-state index is 0.434. The molecule has 1 aliphatic rings. The van der Waals surface area contributed by atoms with Gasteiger partial charge in [-0.1, -0.05) is 12.8 Å². The number of thiophene rings is 1. The Kier molecular flexibility index (Phi) is 4.52. The van der Waals surface area contributed by atoms with Gasteiger partial charge in [-0.05, 0) is 25.8 Å². The van der Waals surface area contributed by atoms with E-state index in [1.54, 1.807) is 11.3 Å². The second kappa shape index (κ2) is 6.55. The molecule has 0 aliphatic heterocycles. The van der Waals surface area contributed by atoms with Crippen molar-refractivity contribution in [1.82, 2.24) is 9.97 Å². The van der Waals surface area contributed by atoms with E-state index in [4.69, 9.17) is 10.6 Å². The molecule has 114 valence electrons. The minimum absolute atomic E-state index is 0.434. The van der Waals surface area contributed by atoms with Gasteiger partial charge in [0.1, 0.15) is 10.6 Å². The van der Waals surface area contributed by atoms with Gasteiger partial charge < -0.3 is 10.1 Å². The second-order valence-electron chi connectivity index (χ2n) is 5.32. The SMILES string of the molecule is Cc1cc2c(NCCOC3CCCC3)nc(NN)nc2s1. The van der Waals surface area contributed by atoms with E-state index in [-0.39, 0.29) is 0 Å². The van der Waals surface area contributed by atoms with Gasteiger partial charge in [-0.3, -0.25) is 5.43 Å². The van der Waals surface area contributed by atoms with Crippen LogP contribution in [0.25, 0.3) is 10.2 Å². The highest BCUT2D eigenvalue weighted by Crippen LogP contribution is 2.29. The molecular formula is C14H21N5OS. The molecule has 21 heavy (non-hydrogen) atoms. The Morgan fingerprint density at radius 3 is 2.95 bits per heavy atom. The topological polar surface area (TPSA) is 85.1 Å². The molecule has 7 heteroatoms. The standard InChI is InChI=1S/C14H21N5OS/c1-9-8-11-12(17-14(19-15)18-13(11)21-9)16-6-7-20-10-4-2-3-5-10/h8,10H,2-7,15H2,1H3,(H2,16,17,18,19). The van der Waals surface area contributed by atoms with Gasteiger partial charge in [0.05, 0.1) is 18.1 Å². The lowest BCUT2D eigenvalue weighted by atomic mass is 10.3. The first-order chi connectivity index (χ1) is 10.3. The quantitative estimate of drug-likeness (QED) is 0.432. The molecule has 0 spiro atoms. The number of ether oxygens (including phenoxy) is 1. The predicted molar refractivity (Wildman–Crippen MR) is 86.7 cm³/mol. The molecule has 0 atom stereocenters. The fraction of sp³-hybridized carbons (Fsp3) is 0.571. The number of nitrogen functional groups attached to an aromatic ring is 1. The highest BCUT2D eigenvalue weighted by molar-refractivity contribution is 7.18. The van der Waals surface area contributed by atoms with Gasteiger partial charge in [0.15, 0.2) is 0 Å². The molecule has 0 bridgehead atoms. The van der Waals surface area contributed by atoms with Crippen LogP contribution in [0.3, 0.4) is 0 Å². The lowest BCUT2D eigenvalue weighted by molar-refractivity contribution is 0.0659. The Labute approximate surface area is 128 Å². The Morgan fingerprint density at radius 1 is 1.38 bits per heavy atom. The van der Waals surface area contributed by atoms with E-state index in [1.807, 2.05) is 0 Å². The lowest BCUT2D eigenvalue weighted by Crippen LogP contribution is -2.17. The second-order valence-corrected chi connectivity index (χ2v) is 6.55. The molecule has 2 aromatic rings. The maximum absolute atomic E-state index is 5.85. The summed E-state index contributed by atoms with van der Waals surface area (Å²) in [4.78, 5) is 10.9. The summed E-state index contributed by atoms with van der Waals surface area (Å²) in [6, 6.07) is 2.10. The number of fused-ring (bicyclic) bond motifs is 1. The zero-order chi connectivity index (χ0) is 14.7. The number of nitrogens with two attached hydrogens (primary N) is 1. The van der Waals surface area contributed by atoms with Crippen LogP contribution in [0.1, 0.15) is 30.6 Å². The van der Waals surface area contributed by atoms with Crippen LogP contribution < -0.4 is 16.6 Å². The predicted octanol–water partition coefficient (Wildman–Crippen LogP) is 2.66. The summed E-state index contributed by atoms with van der Waals surface area (Å²) in [6.45, 7) is 3.50. The van der Waals surface area contributed by atoms with Crippen LogP contribution >= 0.6 is 11.3 Å². The first-order valence-corrected chi connectivity index (χ1v) is 8.18.